The van der Waals surface area contributed by atoms with E-state index < -0.39 is 0 Å². The van der Waals surface area contributed by atoms with Crippen molar-refractivity contribution in [2.75, 3.05) is 13.2 Å². The lowest BCUT2D eigenvalue weighted by molar-refractivity contribution is -0.174. The summed E-state index contributed by atoms with van der Waals surface area (Å²) in [5, 5.41) is 1.59. The summed E-state index contributed by atoms with van der Waals surface area (Å²) in [6.07, 6.45) is 5.59. The number of carbonyl (C=O) groups excluding carboxylic acids is 1. The highest BCUT2D eigenvalue weighted by Crippen LogP contribution is 2.30. The van der Waals surface area contributed by atoms with Crippen molar-refractivity contribution in [2.24, 2.45) is 11.8 Å². The number of amides is 1. The van der Waals surface area contributed by atoms with Gasteiger partial charge in [0.2, 0.25) is 5.91 Å². The van der Waals surface area contributed by atoms with Gasteiger partial charge < -0.3 is 0 Å². The van der Waals surface area contributed by atoms with Crippen LogP contribution in [0.2, 0.25) is 0 Å². The third-order valence-corrected chi connectivity index (χ3v) is 3.28. The topological polar surface area (TPSA) is 29.5 Å². The maximum Gasteiger partial charge on any atom is 0.249 e. The second kappa shape index (κ2) is 4.30. The van der Waals surface area contributed by atoms with Gasteiger partial charge in [0.1, 0.15) is 0 Å². The van der Waals surface area contributed by atoms with Crippen LogP contribution in [-0.2, 0) is 9.63 Å². The van der Waals surface area contributed by atoms with Gasteiger partial charge >= 0.3 is 0 Å². The second-order valence-corrected chi connectivity index (χ2v) is 4.60. The molecular formula is C11H19NO2. The molecular weight excluding hydrogens is 178 g/mol. The number of hydroxylamine groups is 2. The van der Waals surface area contributed by atoms with Crippen LogP contribution in [0.15, 0.2) is 0 Å². The van der Waals surface area contributed by atoms with Crippen LogP contribution in [0.1, 0.15) is 39.0 Å². The molecule has 0 aromatic heterocycles. The molecule has 0 spiro atoms. The summed E-state index contributed by atoms with van der Waals surface area (Å²) in [6, 6.07) is 0. The fourth-order valence-electron chi connectivity index (χ4n) is 2.48. The van der Waals surface area contributed by atoms with Crippen molar-refractivity contribution in [3.05, 3.63) is 0 Å². The first-order chi connectivity index (χ1) is 6.77. The van der Waals surface area contributed by atoms with Crippen molar-refractivity contribution in [1.29, 1.82) is 0 Å². The first-order valence-electron chi connectivity index (χ1n) is 5.71. The van der Waals surface area contributed by atoms with Gasteiger partial charge in [-0.25, -0.2) is 5.06 Å². The van der Waals surface area contributed by atoms with Gasteiger partial charge in [-0.15, -0.1) is 0 Å². The molecule has 2 atom stereocenters. The normalized spacial score (nSPS) is 33.4. The summed E-state index contributed by atoms with van der Waals surface area (Å²) in [6.45, 7) is 3.75. The van der Waals surface area contributed by atoms with Gasteiger partial charge in [0, 0.05) is 5.92 Å². The number of hydrogen-bond acceptors (Lipinski definition) is 2. The Morgan fingerprint density at radius 2 is 2.21 bits per heavy atom. The Kier molecular flexibility index (Phi) is 3.06. The lowest BCUT2D eigenvalue weighted by Crippen LogP contribution is -2.35. The van der Waals surface area contributed by atoms with Gasteiger partial charge in [-0.2, -0.15) is 0 Å². The Hall–Kier alpha value is -0.570. The van der Waals surface area contributed by atoms with Gasteiger partial charge in [0.15, 0.2) is 0 Å². The summed E-state index contributed by atoms with van der Waals surface area (Å²) in [4.78, 5) is 17.2. The zero-order chi connectivity index (χ0) is 9.97. The lowest BCUT2D eigenvalue weighted by Gasteiger charge is -2.28. The molecule has 1 saturated carbocycles. The smallest absolute Gasteiger partial charge is 0.249 e. The van der Waals surface area contributed by atoms with Crippen molar-refractivity contribution in [3.63, 3.8) is 0 Å². The lowest BCUT2D eigenvalue weighted by atomic mass is 9.82. The minimum atomic E-state index is 0.231. The molecule has 2 rings (SSSR count). The molecule has 14 heavy (non-hydrogen) atoms. The predicted molar refractivity (Wildman–Crippen MR) is 53.4 cm³/mol. The molecule has 1 heterocycles. The molecule has 0 N–H and O–H groups in total. The first kappa shape index (κ1) is 9.97. The van der Waals surface area contributed by atoms with E-state index in [0.29, 0.717) is 12.5 Å². The number of rotatable bonds is 1. The van der Waals surface area contributed by atoms with Crippen molar-refractivity contribution < 1.29 is 9.63 Å². The standard InChI is InChI=1S/C11H19NO2/c1-9-4-2-5-10(8-9)11(13)12-6-3-7-14-12/h9-10H,2-8H2,1H3. The average Bonchev–Trinajstić information content (AvgIpc) is 2.69. The van der Waals surface area contributed by atoms with Crippen molar-refractivity contribution in [2.45, 2.75) is 39.0 Å². The zero-order valence-corrected chi connectivity index (χ0v) is 8.87. The van der Waals surface area contributed by atoms with E-state index in [1.165, 1.54) is 12.8 Å². The highest BCUT2D eigenvalue weighted by atomic mass is 16.7. The van der Waals surface area contributed by atoms with Crippen LogP contribution in [0.5, 0.6) is 0 Å². The molecule has 1 aliphatic carbocycles. The zero-order valence-electron chi connectivity index (χ0n) is 8.87. The Morgan fingerprint density at radius 1 is 1.36 bits per heavy atom. The number of nitrogens with zero attached hydrogens (tertiary/aromatic N) is 1. The van der Waals surface area contributed by atoms with Crippen molar-refractivity contribution in [1.82, 2.24) is 5.06 Å². The fourth-order valence-corrected chi connectivity index (χ4v) is 2.48. The number of hydrogen-bond donors (Lipinski definition) is 0. The molecule has 1 aliphatic heterocycles. The number of carbonyl (C=O) groups is 1. The molecule has 1 saturated heterocycles. The monoisotopic (exact) mass is 197 g/mol. The molecule has 0 aromatic carbocycles. The van der Waals surface area contributed by atoms with Gasteiger partial charge in [-0.1, -0.05) is 19.8 Å². The first-order valence-corrected chi connectivity index (χ1v) is 5.71. The molecule has 0 bridgehead atoms. The van der Waals surface area contributed by atoms with E-state index in [1.54, 1.807) is 5.06 Å². The summed E-state index contributed by atoms with van der Waals surface area (Å²) >= 11 is 0. The Balaban J connectivity index is 1.89. The molecule has 2 fully saturated rings. The summed E-state index contributed by atoms with van der Waals surface area (Å²) in [7, 11) is 0. The summed E-state index contributed by atoms with van der Waals surface area (Å²) in [5.74, 6) is 1.17. The molecule has 3 heteroatoms. The van der Waals surface area contributed by atoms with Crippen LogP contribution >= 0.6 is 0 Å². The summed E-state index contributed by atoms with van der Waals surface area (Å²) < 4.78 is 0. The highest BCUT2D eigenvalue weighted by molar-refractivity contribution is 5.78. The third kappa shape index (κ3) is 2.08. The minimum Gasteiger partial charge on any atom is -0.272 e. The van der Waals surface area contributed by atoms with E-state index >= 15 is 0 Å². The van der Waals surface area contributed by atoms with Crippen LogP contribution in [0, 0.1) is 11.8 Å². The van der Waals surface area contributed by atoms with Crippen LogP contribution in [0.4, 0.5) is 0 Å². The van der Waals surface area contributed by atoms with E-state index in [0.717, 1.165) is 25.8 Å². The predicted octanol–water partition coefficient (Wildman–Crippen LogP) is 1.98. The SMILES string of the molecule is CC1CCCC(C(=O)N2CCCO2)C1. The average molecular weight is 197 g/mol. The van der Waals surface area contributed by atoms with Crippen molar-refractivity contribution >= 4 is 5.91 Å². The van der Waals surface area contributed by atoms with Crippen LogP contribution in [0.25, 0.3) is 0 Å². The Morgan fingerprint density at radius 3 is 2.86 bits per heavy atom. The maximum atomic E-state index is 11.9. The third-order valence-electron chi connectivity index (χ3n) is 3.28. The Labute approximate surface area is 85.4 Å². The molecule has 0 aromatic rings. The van der Waals surface area contributed by atoms with Gasteiger partial charge in [0.05, 0.1) is 13.2 Å². The fraction of sp³-hybridized carbons (Fsp3) is 0.909. The molecule has 1 amide bonds. The van der Waals surface area contributed by atoms with Gasteiger partial charge in [-0.05, 0) is 25.2 Å². The molecule has 80 valence electrons. The van der Waals surface area contributed by atoms with Crippen LogP contribution < -0.4 is 0 Å². The van der Waals surface area contributed by atoms with E-state index in [2.05, 4.69) is 6.92 Å². The molecule has 3 nitrogen and oxygen atoms in total. The van der Waals surface area contributed by atoms with Gasteiger partial charge in [-0.3, -0.25) is 9.63 Å². The van der Waals surface area contributed by atoms with Crippen molar-refractivity contribution in [3.8, 4) is 0 Å². The van der Waals surface area contributed by atoms with E-state index in [9.17, 15) is 4.79 Å². The van der Waals surface area contributed by atoms with Crippen LogP contribution in [-0.4, -0.2) is 24.1 Å². The van der Waals surface area contributed by atoms with E-state index in [1.807, 2.05) is 0 Å². The van der Waals surface area contributed by atoms with Gasteiger partial charge in [0.25, 0.3) is 0 Å². The molecule has 2 aliphatic rings. The molecule has 0 radical (unpaired) electrons. The quantitative estimate of drug-likeness (QED) is 0.643. The molecule has 2 unspecified atom stereocenters. The summed E-state index contributed by atoms with van der Waals surface area (Å²) in [5.41, 5.74) is 0. The largest absolute Gasteiger partial charge is 0.272 e. The van der Waals surface area contributed by atoms with Crippen LogP contribution in [0.3, 0.4) is 0 Å². The second-order valence-electron chi connectivity index (χ2n) is 4.60. The van der Waals surface area contributed by atoms with E-state index in [-0.39, 0.29) is 11.8 Å². The maximum absolute atomic E-state index is 11.9. The highest BCUT2D eigenvalue weighted by Gasteiger charge is 2.30. The minimum absolute atomic E-state index is 0.231. The van der Waals surface area contributed by atoms with E-state index in [4.69, 9.17) is 4.84 Å². The Bertz CT molecular complexity index is 211.